The molecule has 0 spiro atoms. The smallest absolute Gasteiger partial charge is 0.307 e. The summed E-state index contributed by atoms with van der Waals surface area (Å²) in [6.07, 6.45) is 4.49. The normalized spacial score (nSPS) is 19.1. The Morgan fingerprint density at radius 2 is 1.82 bits per heavy atom. The molecule has 0 unspecified atom stereocenters. The molecule has 0 bridgehead atoms. The maximum absolute atomic E-state index is 13.8. The maximum Gasteiger partial charge on any atom is 0.307 e. The molecule has 2 fully saturated rings. The Kier molecular flexibility index (Phi) is 10.8. The number of esters is 1. The van der Waals surface area contributed by atoms with Crippen LogP contribution in [0.25, 0.3) is 0 Å². The van der Waals surface area contributed by atoms with Gasteiger partial charge in [-0.25, -0.2) is 4.39 Å². The number of nitrogens with zero attached hydrogens (tertiary/aromatic N) is 2. The summed E-state index contributed by atoms with van der Waals surface area (Å²) < 4.78 is 18.7. The summed E-state index contributed by atoms with van der Waals surface area (Å²) in [6.45, 7) is -0.310. The van der Waals surface area contributed by atoms with Crippen molar-refractivity contribution in [1.82, 2.24) is 4.90 Å². The third kappa shape index (κ3) is 7.85. The largest absolute Gasteiger partial charge is 0.461 e. The van der Waals surface area contributed by atoms with Gasteiger partial charge in [-0.05, 0) is 44.1 Å². The van der Waals surface area contributed by atoms with Crippen LogP contribution in [0.1, 0.15) is 69.8 Å². The van der Waals surface area contributed by atoms with Crippen molar-refractivity contribution in [3.63, 3.8) is 0 Å². The first-order valence-electron chi connectivity index (χ1n) is 13.4. The Morgan fingerprint density at radius 3 is 2.47 bits per heavy atom. The van der Waals surface area contributed by atoms with E-state index in [1.165, 1.54) is 0 Å². The molecule has 1 saturated carbocycles. The SMILES string of the molecule is NC(N)=NCCC[C@H](CC(=O)[C@@H]1CCCN1C(=O)C1(CC(=O)OCc2ccccc2)CCCC1)C(=O)CF. The average Bonchev–Trinajstić information content (AvgIpc) is 3.59. The van der Waals surface area contributed by atoms with Gasteiger partial charge < -0.3 is 21.1 Å². The first-order valence-corrected chi connectivity index (χ1v) is 13.4. The minimum Gasteiger partial charge on any atom is -0.461 e. The number of aliphatic imine (C=N–C) groups is 1. The molecule has 9 nitrogen and oxygen atoms in total. The number of ketones is 2. The molecular weight excluding hydrogens is 491 g/mol. The topological polar surface area (TPSA) is 145 Å². The van der Waals surface area contributed by atoms with Gasteiger partial charge in [0.15, 0.2) is 17.5 Å². The van der Waals surface area contributed by atoms with E-state index in [0.29, 0.717) is 38.6 Å². The van der Waals surface area contributed by atoms with Crippen LogP contribution in [-0.4, -0.2) is 60.1 Å². The van der Waals surface area contributed by atoms with Crippen LogP contribution in [-0.2, 0) is 30.5 Å². The lowest BCUT2D eigenvalue weighted by Gasteiger charge is -2.34. The van der Waals surface area contributed by atoms with E-state index in [9.17, 15) is 23.6 Å². The lowest BCUT2D eigenvalue weighted by molar-refractivity contribution is -0.156. The van der Waals surface area contributed by atoms with E-state index in [-0.39, 0.29) is 50.1 Å². The number of amides is 1. The van der Waals surface area contributed by atoms with Crippen molar-refractivity contribution < 1.29 is 28.3 Å². The highest BCUT2D eigenvalue weighted by Gasteiger charge is 2.48. The molecule has 1 saturated heterocycles. The molecule has 1 heterocycles. The van der Waals surface area contributed by atoms with Gasteiger partial charge in [0.05, 0.1) is 17.9 Å². The van der Waals surface area contributed by atoms with Crippen LogP contribution in [0.3, 0.4) is 0 Å². The van der Waals surface area contributed by atoms with Crippen LogP contribution in [0.15, 0.2) is 35.3 Å². The van der Waals surface area contributed by atoms with Gasteiger partial charge in [-0.2, -0.15) is 0 Å². The quantitative estimate of drug-likeness (QED) is 0.163. The van der Waals surface area contributed by atoms with E-state index in [4.69, 9.17) is 16.2 Å². The van der Waals surface area contributed by atoms with Crippen molar-refractivity contribution in [3.8, 4) is 0 Å². The van der Waals surface area contributed by atoms with E-state index in [1.807, 2.05) is 30.3 Å². The Bertz CT molecular complexity index is 1010. The Morgan fingerprint density at radius 1 is 1.11 bits per heavy atom. The van der Waals surface area contributed by atoms with Crippen LogP contribution in [0, 0.1) is 11.3 Å². The number of ether oxygens (including phenoxy) is 1. The van der Waals surface area contributed by atoms with E-state index in [1.54, 1.807) is 4.90 Å². The molecule has 4 N–H and O–H groups in total. The van der Waals surface area contributed by atoms with Gasteiger partial charge in [0.2, 0.25) is 5.91 Å². The Balaban J connectivity index is 1.64. The van der Waals surface area contributed by atoms with E-state index < -0.39 is 35.8 Å². The molecule has 3 rings (SSSR count). The molecule has 208 valence electrons. The van der Waals surface area contributed by atoms with Crippen LogP contribution < -0.4 is 11.5 Å². The highest BCUT2D eigenvalue weighted by atomic mass is 19.1. The average molecular weight is 531 g/mol. The molecule has 10 heteroatoms. The fourth-order valence-electron chi connectivity index (χ4n) is 5.64. The predicted molar refractivity (Wildman–Crippen MR) is 140 cm³/mol. The summed E-state index contributed by atoms with van der Waals surface area (Å²) in [4.78, 5) is 57.6. The van der Waals surface area contributed by atoms with Crippen LogP contribution >= 0.6 is 0 Å². The third-order valence-electron chi connectivity index (χ3n) is 7.66. The molecule has 0 radical (unpaired) electrons. The van der Waals surface area contributed by atoms with Crippen LogP contribution in [0.4, 0.5) is 4.39 Å². The fourth-order valence-corrected chi connectivity index (χ4v) is 5.64. The highest BCUT2D eigenvalue weighted by molar-refractivity contribution is 5.95. The number of nitrogens with two attached hydrogens (primary N) is 2. The maximum atomic E-state index is 13.8. The number of likely N-dealkylation sites (tertiary alicyclic amines) is 1. The van der Waals surface area contributed by atoms with E-state index in [0.717, 1.165) is 18.4 Å². The summed E-state index contributed by atoms with van der Waals surface area (Å²) >= 11 is 0. The highest BCUT2D eigenvalue weighted by Crippen LogP contribution is 2.44. The van der Waals surface area contributed by atoms with E-state index >= 15 is 0 Å². The molecule has 1 aliphatic heterocycles. The molecule has 0 aromatic heterocycles. The first kappa shape index (κ1) is 29.3. The molecule has 1 aromatic carbocycles. The van der Waals surface area contributed by atoms with Crippen molar-refractivity contribution >= 4 is 29.4 Å². The van der Waals surface area contributed by atoms with Crippen molar-refractivity contribution in [1.29, 1.82) is 0 Å². The molecule has 1 amide bonds. The molecule has 2 aliphatic rings. The number of guanidine groups is 1. The zero-order valence-electron chi connectivity index (χ0n) is 21.9. The summed E-state index contributed by atoms with van der Waals surface area (Å²) in [7, 11) is 0. The number of hydrogen-bond donors (Lipinski definition) is 2. The second-order valence-electron chi connectivity index (χ2n) is 10.4. The lowest BCUT2D eigenvalue weighted by Crippen LogP contribution is -2.49. The summed E-state index contributed by atoms with van der Waals surface area (Å²) in [5.41, 5.74) is 10.6. The number of alkyl halides is 1. The number of halogens is 1. The number of carbonyl (C=O) groups is 4. The Labute approximate surface area is 223 Å². The first-order chi connectivity index (χ1) is 18.3. The van der Waals surface area contributed by atoms with Crippen molar-refractivity contribution in [2.24, 2.45) is 27.8 Å². The van der Waals surface area contributed by atoms with Gasteiger partial charge >= 0.3 is 5.97 Å². The molecule has 2 atom stereocenters. The number of hydrogen-bond acceptors (Lipinski definition) is 6. The van der Waals surface area contributed by atoms with Crippen molar-refractivity contribution in [2.75, 3.05) is 19.8 Å². The van der Waals surface area contributed by atoms with Crippen molar-refractivity contribution in [3.05, 3.63) is 35.9 Å². The van der Waals surface area contributed by atoms with E-state index in [2.05, 4.69) is 4.99 Å². The van der Waals surface area contributed by atoms with Gasteiger partial charge in [0.25, 0.3) is 0 Å². The molecule has 1 aliphatic carbocycles. The Hall–Kier alpha value is -3.30. The van der Waals surface area contributed by atoms with Gasteiger partial charge in [0, 0.05) is 25.4 Å². The van der Waals surface area contributed by atoms with Crippen LogP contribution in [0.2, 0.25) is 0 Å². The fraction of sp³-hybridized carbons (Fsp3) is 0.607. The number of rotatable bonds is 14. The van der Waals surface area contributed by atoms with Gasteiger partial charge in [0.1, 0.15) is 13.3 Å². The number of carbonyl (C=O) groups excluding carboxylic acids is 4. The summed E-state index contributed by atoms with van der Waals surface area (Å²) in [5, 5.41) is 0. The minimum atomic E-state index is -1.15. The second-order valence-corrected chi connectivity index (χ2v) is 10.4. The standard InChI is InChI=1S/C28H39FN4O5/c29-18-24(35)21(10-6-14-32-27(30)31)16-23(34)22-11-7-15-33(22)26(37)28(12-4-5-13-28)17-25(36)38-19-20-8-2-1-3-9-20/h1-3,8-9,21-22H,4-7,10-19H2,(H4,30,31,32)/t21-,22+/m1/s1. The molecular formula is C28H39FN4O5. The zero-order valence-corrected chi connectivity index (χ0v) is 21.9. The third-order valence-corrected chi connectivity index (χ3v) is 7.66. The van der Waals surface area contributed by atoms with Crippen LogP contribution in [0.5, 0.6) is 0 Å². The zero-order chi connectivity index (χ0) is 27.5. The molecule has 1 aromatic rings. The van der Waals surface area contributed by atoms with Crippen molar-refractivity contribution in [2.45, 2.75) is 76.9 Å². The summed E-state index contributed by atoms with van der Waals surface area (Å²) in [5.74, 6) is -2.35. The predicted octanol–water partition coefficient (Wildman–Crippen LogP) is 2.84. The molecule has 38 heavy (non-hydrogen) atoms. The number of benzene rings is 1. The lowest BCUT2D eigenvalue weighted by atomic mass is 9.80. The van der Waals surface area contributed by atoms with Gasteiger partial charge in [-0.3, -0.25) is 24.2 Å². The summed E-state index contributed by atoms with van der Waals surface area (Å²) in [6, 6.07) is 8.68. The number of Topliss-reactive ketones (excluding diaryl/α,β-unsaturated/α-hetero) is 2. The monoisotopic (exact) mass is 530 g/mol. The van der Waals surface area contributed by atoms with Gasteiger partial charge in [-0.15, -0.1) is 0 Å². The second kappa shape index (κ2) is 14.0. The minimum absolute atomic E-state index is 0.0240. The van der Waals surface area contributed by atoms with Gasteiger partial charge in [-0.1, -0.05) is 43.2 Å².